The van der Waals surface area contributed by atoms with Crippen LogP contribution in [-0.2, 0) is 13.0 Å². The predicted octanol–water partition coefficient (Wildman–Crippen LogP) is 5.13. The highest BCUT2D eigenvalue weighted by atomic mass is 19.1. The third-order valence-electron chi connectivity index (χ3n) is 5.18. The molecule has 0 unspecified atom stereocenters. The number of nitrogens with one attached hydrogen (secondary N) is 1. The maximum atomic E-state index is 14.0. The number of carbonyl (C=O) groups excluding carboxylic acids is 1. The number of carbonyl (C=O) groups is 1. The van der Waals surface area contributed by atoms with Gasteiger partial charge in [0.1, 0.15) is 23.9 Å². The van der Waals surface area contributed by atoms with Crippen LogP contribution in [0.25, 0.3) is 5.65 Å². The smallest absolute Gasteiger partial charge is 0.274 e. The maximum Gasteiger partial charge on any atom is 0.274 e. The quantitative estimate of drug-likeness (QED) is 0.446. The van der Waals surface area contributed by atoms with Gasteiger partial charge in [0, 0.05) is 11.9 Å². The Morgan fingerprint density at radius 1 is 1.15 bits per heavy atom. The number of hydrogen-bond donors (Lipinski definition) is 1. The Morgan fingerprint density at radius 2 is 1.88 bits per heavy atom. The average Bonchev–Trinajstić information content (AvgIpc) is 3.10. The molecule has 2 heterocycles. The fourth-order valence-corrected chi connectivity index (χ4v) is 3.62. The van der Waals surface area contributed by atoms with Crippen molar-refractivity contribution < 1.29 is 18.3 Å². The molecule has 0 saturated heterocycles. The lowest BCUT2D eigenvalue weighted by molar-refractivity contribution is 0.102. The van der Waals surface area contributed by atoms with Crippen LogP contribution in [0.3, 0.4) is 0 Å². The molecule has 33 heavy (non-hydrogen) atoms. The van der Waals surface area contributed by atoms with E-state index in [2.05, 4.69) is 16.4 Å². The van der Waals surface area contributed by atoms with E-state index in [0.717, 1.165) is 5.56 Å². The van der Waals surface area contributed by atoms with Gasteiger partial charge in [-0.25, -0.2) is 13.8 Å². The lowest BCUT2D eigenvalue weighted by atomic mass is 10.1. The molecule has 0 atom stereocenters. The molecule has 2 aromatic heterocycles. The Labute approximate surface area is 189 Å². The molecule has 0 aliphatic rings. The lowest BCUT2D eigenvalue weighted by Gasteiger charge is -2.12. The summed E-state index contributed by atoms with van der Waals surface area (Å²) in [5.41, 5.74) is 2.92. The van der Waals surface area contributed by atoms with Gasteiger partial charge in [0.05, 0.1) is 23.7 Å². The first-order valence-corrected chi connectivity index (χ1v) is 10.2. The number of aryl methyl sites for hydroxylation is 2. The molecule has 0 aliphatic heterocycles. The van der Waals surface area contributed by atoms with Crippen LogP contribution in [-0.4, -0.2) is 15.3 Å². The fourth-order valence-electron chi connectivity index (χ4n) is 3.62. The Balaban J connectivity index is 1.69. The van der Waals surface area contributed by atoms with E-state index in [0.29, 0.717) is 34.0 Å². The highest BCUT2D eigenvalue weighted by molar-refractivity contribution is 6.05. The van der Waals surface area contributed by atoms with Gasteiger partial charge >= 0.3 is 0 Å². The number of para-hydroxylation sites is 1. The normalized spacial score (nSPS) is 10.8. The van der Waals surface area contributed by atoms with Crippen LogP contribution in [0.2, 0.25) is 0 Å². The van der Waals surface area contributed by atoms with Crippen molar-refractivity contribution in [3.8, 4) is 11.8 Å². The van der Waals surface area contributed by atoms with Crippen molar-refractivity contribution in [2.75, 3.05) is 5.32 Å². The molecule has 0 bridgehead atoms. The largest absolute Gasteiger partial charge is 0.485 e. The van der Waals surface area contributed by atoms with E-state index in [1.54, 1.807) is 47.9 Å². The Bertz CT molecular complexity index is 1390. The third-order valence-corrected chi connectivity index (χ3v) is 5.18. The number of ether oxygens (including phenoxy) is 1. The highest BCUT2D eigenvalue weighted by Gasteiger charge is 2.21. The van der Waals surface area contributed by atoms with Crippen molar-refractivity contribution in [1.82, 2.24) is 9.38 Å². The zero-order chi connectivity index (χ0) is 23.5. The molecule has 0 aliphatic carbocycles. The maximum absolute atomic E-state index is 14.0. The predicted molar refractivity (Wildman–Crippen MR) is 119 cm³/mol. The van der Waals surface area contributed by atoms with E-state index in [4.69, 9.17) is 10.00 Å². The van der Waals surface area contributed by atoms with Crippen LogP contribution in [0.5, 0.6) is 5.75 Å². The second-order valence-corrected chi connectivity index (χ2v) is 7.56. The molecule has 166 valence electrons. The Morgan fingerprint density at radius 3 is 2.61 bits per heavy atom. The van der Waals surface area contributed by atoms with Gasteiger partial charge in [0.15, 0.2) is 11.4 Å². The summed E-state index contributed by atoms with van der Waals surface area (Å²) in [5, 5.41) is 11.9. The third kappa shape index (κ3) is 4.39. The minimum absolute atomic E-state index is 0.159. The number of anilines is 1. The first-order chi connectivity index (χ1) is 15.9. The van der Waals surface area contributed by atoms with Crippen molar-refractivity contribution in [1.29, 1.82) is 5.26 Å². The van der Waals surface area contributed by atoms with Gasteiger partial charge in [0.2, 0.25) is 0 Å². The van der Waals surface area contributed by atoms with Crippen LogP contribution >= 0.6 is 0 Å². The topological polar surface area (TPSA) is 79.4 Å². The first-order valence-electron chi connectivity index (χ1n) is 10.2. The van der Waals surface area contributed by atoms with Gasteiger partial charge < -0.3 is 10.1 Å². The fraction of sp³-hybridized carbons (Fsp3) is 0.160. The van der Waals surface area contributed by atoms with Crippen LogP contribution in [0.1, 0.15) is 32.9 Å². The molecular formula is C25H20F2N4O2. The summed E-state index contributed by atoms with van der Waals surface area (Å²) >= 11 is 0. The van der Waals surface area contributed by atoms with E-state index in [-0.39, 0.29) is 18.6 Å². The first kappa shape index (κ1) is 22.0. The molecule has 1 N–H and O–H groups in total. The minimum atomic E-state index is -0.700. The molecule has 0 radical (unpaired) electrons. The zero-order valence-electron chi connectivity index (χ0n) is 18.0. The number of rotatable bonds is 6. The molecule has 1 amide bonds. The monoisotopic (exact) mass is 446 g/mol. The Kier molecular flexibility index (Phi) is 6.05. The number of imidazole rings is 1. The minimum Gasteiger partial charge on any atom is -0.485 e. The molecule has 4 rings (SSSR count). The number of benzene rings is 2. The van der Waals surface area contributed by atoms with Gasteiger partial charge in [0.25, 0.3) is 5.91 Å². The average molecular weight is 446 g/mol. The molecule has 0 fully saturated rings. The number of nitrogens with zero attached hydrogens (tertiary/aromatic N) is 3. The lowest BCUT2D eigenvalue weighted by Crippen LogP contribution is -2.17. The highest BCUT2D eigenvalue weighted by Crippen LogP contribution is 2.27. The van der Waals surface area contributed by atoms with Gasteiger partial charge in [-0.1, -0.05) is 24.3 Å². The summed E-state index contributed by atoms with van der Waals surface area (Å²) in [5.74, 6) is -1.50. The summed E-state index contributed by atoms with van der Waals surface area (Å²) in [6.45, 7) is 3.18. The number of nitriles is 1. The van der Waals surface area contributed by atoms with E-state index < -0.39 is 17.5 Å². The van der Waals surface area contributed by atoms with E-state index in [1.165, 1.54) is 18.2 Å². The molecule has 0 saturated carbocycles. The summed E-state index contributed by atoms with van der Waals surface area (Å²) in [4.78, 5) is 17.6. The SMILES string of the molecule is Cc1cc(OCc2c(F)cccc2F)c2nc(C)c(C(=O)Nc3ccccc3CC#N)n2c1. The number of amides is 1. The zero-order valence-corrected chi connectivity index (χ0v) is 18.0. The summed E-state index contributed by atoms with van der Waals surface area (Å²) in [6, 6.07) is 14.5. The summed E-state index contributed by atoms with van der Waals surface area (Å²) in [6.07, 6.45) is 1.90. The van der Waals surface area contributed by atoms with Crippen LogP contribution in [0, 0.1) is 36.8 Å². The summed E-state index contributed by atoms with van der Waals surface area (Å²) < 4.78 is 35.3. The van der Waals surface area contributed by atoms with Crippen LogP contribution in [0.15, 0.2) is 54.7 Å². The van der Waals surface area contributed by atoms with Gasteiger partial charge in [-0.3, -0.25) is 9.20 Å². The van der Waals surface area contributed by atoms with E-state index in [9.17, 15) is 13.6 Å². The van der Waals surface area contributed by atoms with Crippen molar-refractivity contribution in [3.63, 3.8) is 0 Å². The summed E-state index contributed by atoms with van der Waals surface area (Å²) in [7, 11) is 0. The van der Waals surface area contributed by atoms with Crippen LogP contribution in [0.4, 0.5) is 14.5 Å². The van der Waals surface area contributed by atoms with Crippen LogP contribution < -0.4 is 10.1 Å². The van der Waals surface area contributed by atoms with Crippen molar-refractivity contribution >= 4 is 17.2 Å². The van der Waals surface area contributed by atoms with Crippen molar-refractivity contribution in [2.45, 2.75) is 26.9 Å². The molecule has 4 aromatic rings. The van der Waals surface area contributed by atoms with Crippen molar-refractivity contribution in [2.24, 2.45) is 0 Å². The number of halogens is 2. The van der Waals surface area contributed by atoms with E-state index >= 15 is 0 Å². The standard InChI is InChI=1S/C25H20F2N4O2/c1-15-12-22(33-14-18-19(26)7-5-8-20(18)27)24-29-16(2)23(31(24)13-15)25(32)30-21-9-4-3-6-17(21)10-11-28/h3-9,12-13H,10,14H2,1-2H3,(H,30,32). The van der Waals surface area contributed by atoms with Gasteiger partial charge in [-0.15, -0.1) is 0 Å². The number of hydrogen-bond acceptors (Lipinski definition) is 4. The van der Waals surface area contributed by atoms with E-state index in [1.807, 2.05) is 6.92 Å². The second-order valence-electron chi connectivity index (χ2n) is 7.56. The molecule has 0 spiro atoms. The molecule has 6 nitrogen and oxygen atoms in total. The van der Waals surface area contributed by atoms with Gasteiger partial charge in [-0.05, 0) is 49.2 Å². The second kappa shape index (κ2) is 9.09. The van der Waals surface area contributed by atoms with Crippen molar-refractivity contribution in [3.05, 3.63) is 94.4 Å². The molecule has 2 aromatic carbocycles. The van der Waals surface area contributed by atoms with Gasteiger partial charge in [-0.2, -0.15) is 5.26 Å². The number of aromatic nitrogens is 2. The molecular weight excluding hydrogens is 426 g/mol. The number of fused-ring (bicyclic) bond motifs is 1. The number of pyridine rings is 1. The Hall–Kier alpha value is -4.25. The molecule has 8 heteroatoms.